The molecule has 0 radical (unpaired) electrons. The molecule has 4 unspecified atom stereocenters. The van der Waals surface area contributed by atoms with E-state index in [0.29, 0.717) is 24.8 Å². The molecule has 0 aliphatic carbocycles. The summed E-state index contributed by atoms with van der Waals surface area (Å²) in [6, 6.07) is 20.4. The van der Waals surface area contributed by atoms with E-state index in [-0.39, 0.29) is 42.8 Å². The minimum Gasteiger partial charge on any atom is -0.469 e. The number of para-hydroxylation sites is 2. The van der Waals surface area contributed by atoms with Crippen molar-refractivity contribution in [1.29, 1.82) is 0 Å². The van der Waals surface area contributed by atoms with Crippen LogP contribution < -0.4 is 9.80 Å². The first-order chi connectivity index (χ1) is 25.1. The molecule has 2 aromatic carbocycles. The van der Waals surface area contributed by atoms with Crippen LogP contribution in [0.2, 0.25) is 0 Å². The number of rotatable bonds is 11. The zero-order chi connectivity index (χ0) is 39.8. The Balaban J connectivity index is 0.000000318. The molecule has 0 saturated carbocycles. The highest BCUT2D eigenvalue weighted by molar-refractivity contribution is 9.09. The maximum absolute atomic E-state index is 12.7. The lowest BCUT2D eigenvalue weighted by molar-refractivity contribution is -0.205. The number of hydrogen-bond donors (Lipinski definition) is 0. The molecular weight excluding hydrogens is 748 g/mol. The number of methoxy groups -OCH3 is 4. The highest BCUT2D eigenvalue weighted by Gasteiger charge is 2.54. The second kappa shape index (κ2) is 21.3. The van der Waals surface area contributed by atoms with Crippen LogP contribution in [0.25, 0.3) is 0 Å². The van der Waals surface area contributed by atoms with Crippen molar-refractivity contribution in [3.05, 3.63) is 60.7 Å². The molecule has 53 heavy (non-hydrogen) atoms. The summed E-state index contributed by atoms with van der Waals surface area (Å²) in [6.07, 6.45) is 2.01. The van der Waals surface area contributed by atoms with Crippen molar-refractivity contribution in [2.75, 3.05) is 56.7 Å². The van der Waals surface area contributed by atoms with Crippen LogP contribution in [0.4, 0.5) is 11.4 Å². The van der Waals surface area contributed by atoms with E-state index in [1.807, 2.05) is 76.2 Å². The number of benzene rings is 2. The van der Waals surface area contributed by atoms with Crippen molar-refractivity contribution in [3.8, 4) is 0 Å². The third-order valence-electron chi connectivity index (χ3n) is 9.51. The fourth-order valence-corrected chi connectivity index (χ4v) is 7.44. The van der Waals surface area contributed by atoms with E-state index in [0.717, 1.165) is 24.2 Å². The largest absolute Gasteiger partial charge is 0.469 e. The van der Waals surface area contributed by atoms with Gasteiger partial charge in [-0.05, 0) is 71.2 Å². The van der Waals surface area contributed by atoms with Crippen LogP contribution in [0.3, 0.4) is 0 Å². The smallest absolute Gasteiger partial charge is 0.340 e. The summed E-state index contributed by atoms with van der Waals surface area (Å²) < 4.78 is 31.3. The minimum absolute atomic E-state index is 0.0841. The summed E-state index contributed by atoms with van der Waals surface area (Å²) in [5.41, 5.74) is -0.102. The molecule has 0 N–H and O–H groups in total. The van der Waals surface area contributed by atoms with Gasteiger partial charge in [0, 0.05) is 23.1 Å². The van der Waals surface area contributed by atoms with Gasteiger partial charge in [0.1, 0.15) is 0 Å². The molecule has 0 spiro atoms. The molecular formula is C40H59BrN2O10. The molecule has 4 atom stereocenters. The van der Waals surface area contributed by atoms with Crippen LogP contribution in [0.1, 0.15) is 73.6 Å². The average molecular weight is 808 g/mol. The Kier molecular flexibility index (Phi) is 18.3. The van der Waals surface area contributed by atoms with Gasteiger partial charge in [0.05, 0.1) is 71.2 Å². The van der Waals surface area contributed by atoms with Crippen molar-refractivity contribution >= 4 is 51.2 Å². The van der Waals surface area contributed by atoms with E-state index >= 15 is 0 Å². The van der Waals surface area contributed by atoms with E-state index in [2.05, 4.69) is 56.4 Å². The van der Waals surface area contributed by atoms with E-state index in [1.54, 1.807) is 0 Å². The number of ether oxygens (including phenoxy) is 6. The molecule has 12 nitrogen and oxygen atoms in total. The quantitative estimate of drug-likeness (QED) is 0.139. The summed E-state index contributed by atoms with van der Waals surface area (Å²) >= 11 is 3.09. The predicted octanol–water partition coefficient (Wildman–Crippen LogP) is 6.51. The number of nitrogens with zero attached hydrogens (tertiary/aromatic N) is 2. The molecule has 2 aliphatic heterocycles. The van der Waals surface area contributed by atoms with Gasteiger partial charge in [-0.3, -0.25) is 9.59 Å². The number of halogens is 1. The molecule has 2 fully saturated rings. The molecule has 2 aliphatic rings. The molecule has 4 rings (SSSR count). The highest BCUT2D eigenvalue weighted by Crippen LogP contribution is 2.41. The van der Waals surface area contributed by atoms with Crippen molar-refractivity contribution in [2.45, 2.75) is 109 Å². The summed E-state index contributed by atoms with van der Waals surface area (Å²) in [5.74, 6) is -1.33. The number of carbonyl (C=O) groups is 4. The van der Waals surface area contributed by atoms with Gasteiger partial charge >= 0.3 is 23.9 Å². The Labute approximate surface area is 323 Å². The molecule has 13 heteroatoms. The van der Waals surface area contributed by atoms with Crippen LogP contribution in [0, 0.1) is 0 Å². The third-order valence-corrected chi connectivity index (χ3v) is 9.90. The Hall–Kier alpha value is -3.68. The summed E-state index contributed by atoms with van der Waals surface area (Å²) in [6.45, 7) is 13.1. The molecule has 2 heterocycles. The van der Waals surface area contributed by atoms with Crippen molar-refractivity contribution in [2.24, 2.45) is 0 Å². The standard InChI is InChI=1S/C20H29NO5.C16H23NO3.C4H7BrO2/c1-6-16-19(2,3)26-20(18(23)25-5,13-12-17(22)24-4)14-21(16)15-10-8-7-9-11-15;1-5-14-16(2,3)20-13(15(18)19-4)11-17(14)12-9-7-6-8-10-12;1-7-4(6)2-3-5/h7-11,16H,6,12-14H2,1-5H3;6-10,13-14H,5,11H2,1-4H3;2-3H2,1H3. The Bertz CT molecular complexity index is 1440. The Morgan fingerprint density at radius 1 is 0.717 bits per heavy atom. The first-order valence-electron chi connectivity index (χ1n) is 18.0. The summed E-state index contributed by atoms with van der Waals surface area (Å²) in [4.78, 5) is 50.9. The Morgan fingerprint density at radius 3 is 1.64 bits per heavy atom. The van der Waals surface area contributed by atoms with Gasteiger partial charge in [0.2, 0.25) is 0 Å². The zero-order valence-electron chi connectivity index (χ0n) is 33.0. The Morgan fingerprint density at radius 2 is 1.21 bits per heavy atom. The molecule has 2 aromatic rings. The van der Waals surface area contributed by atoms with Gasteiger partial charge in [-0.2, -0.15) is 0 Å². The second-order valence-corrected chi connectivity index (χ2v) is 14.6. The second-order valence-electron chi connectivity index (χ2n) is 13.8. The van der Waals surface area contributed by atoms with Crippen LogP contribution in [0.15, 0.2) is 60.7 Å². The van der Waals surface area contributed by atoms with E-state index in [1.165, 1.54) is 28.4 Å². The summed E-state index contributed by atoms with van der Waals surface area (Å²) in [7, 11) is 5.46. The molecule has 0 bridgehead atoms. The van der Waals surface area contributed by atoms with Gasteiger partial charge in [-0.1, -0.05) is 66.2 Å². The highest BCUT2D eigenvalue weighted by atomic mass is 79.9. The van der Waals surface area contributed by atoms with E-state index in [4.69, 9.17) is 23.7 Å². The van der Waals surface area contributed by atoms with Crippen molar-refractivity contribution in [3.63, 3.8) is 0 Å². The number of anilines is 2. The molecule has 0 amide bonds. The third kappa shape index (κ3) is 12.4. The van der Waals surface area contributed by atoms with Gasteiger partial charge in [-0.15, -0.1) is 0 Å². The molecule has 0 aromatic heterocycles. The lowest BCUT2D eigenvalue weighted by Gasteiger charge is -2.54. The van der Waals surface area contributed by atoms with E-state index in [9.17, 15) is 19.2 Å². The fourth-order valence-electron chi connectivity index (χ4n) is 7.11. The predicted molar refractivity (Wildman–Crippen MR) is 208 cm³/mol. The van der Waals surface area contributed by atoms with Gasteiger partial charge in [0.25, 0.3) is 0 Å². The normalized spacial score (nSPS) is 22.8. The van der Waals surface area contributed by atoms with E-state index < -0.39 is 28.9 Å². The summed E-state index contributed by atoms with van der Waals surface area (Å²) in [5, 5.41) is 0.680. The monoisotopic (exact) mass is 806 g/mol. The number of alkyl halides is 1. The van der Waals surface area contributed by atoms with Crippen molar-refractivity contribution in [1.82, 2.24) is 0 Å². The molecule has 2 saturated heterocycles. The van der Waals surface area contributed by atoms with Gasteiger partial charge in [0.15, 0.2) is 11.7 Å². The topological polar surface area (TPSA) is 130 Å². The number of carbonyl (C=O) groups excluding carboxylic acids is 4. The van der Waals surface area contributed by atoms with Crippen LogP contribution in [0.5, 0.6) is 0 Å². The maximum Gasteiger partial charge on any atom is 0.340 e. The van der Waals surface area contributed by atoms with Gasteiger partial charge < -0.3 is 38.2 Å². The minimum atomic E-state index is -1.23. The lowest BCUT2D eigenvalue weighted by atomic mass is 9.84. The molecule has 296 valence electrons. The SMILES string of the molecule is CCC1N(c2ccccc2)CC(C(=O)OC)OC1(C)C.CCC1N(c2ccccc2)CC(CCC(=O)OC)(C(=O)OC)OC1(C)C.COC(=O)CCBr. The van der Waals surface area contributed by atoms with Crippen LogP contribution in [-0.2, 0) is 47.6 Å². The number of esters is 4. The number of morpholine rings is 2. The fraction of sp³-hybridized carbons (Fsp3) is 0.600. The number of hydrogen-bond acceptors (Lipinski definition) is 12. The first-order valence-corrected chi connectivity index (χ1v) is 19.1. The lowest BCUT2D eigenvalue weighted by Crippen LogP contribution is -2.68. The van der Waals surface area contributed by atoms with Crippen LogP contribution >= 0.6 is 15.9 Å². The average Bonchev–Trinajstić information content (AvgIpc) is 3.16. The zero-order valence-corrected chi connectivity index (χ0v) is 34.6. The van der Waals surface area contributed by atoms with Gasteiger partial charge in [-0.25, -0.2) is 9.59 Å². The first kappa shape index (κ1) is 45.5. The van der Waals surface area contributed by atoms with Crippen molar-refractivity contribution < 1.29 is 47.6 Å². The van der Waals surface area contributed by atoms with Crippen LogP contribution in [-0.4, -0.2) is 106 Å². The maximum atomic E-state index is 12.7.